The van der Waals surface area contributed by atoms with Crippen LogP contribution in [0.3, 0.4) is 0 Å². The van der Waals surface area contributed by atoms with Crippen LogP contribution >= 0.6 is 0 Å². The summed E-state index contributed by atoms with van der Waals surface area (Å²) in [6.07, 6.45) is 0.941. The number of furan rings is 1. The molecule has 1 fully saturated rings. The molecular weight excluding hydrogens is 427 g/mol. The zero-order valence-corrected chi connectivity index (χ0v) is 18.7. The van der Waals surface area contributed by atoms with Gasteiger partial charge in [-0.05, 0) is 62.4 Å². The Hall–Kier alpha value is -3.72. The molecule has 8 nitrogen and oxygen atoms in total. The molecule has 174 valence electrons. The highest BCUT2D eigenvalue weighted by Gasteiger charge is 2.25. The summed E-state index contributed by atoms with van der Waals surface area (Å²) in [7, 11) is 3.42. The number of hydrogen-bond acceptors (Lipinski definition) is 6. The van der Waals surface area contributed by atoms with Crippen molar-refractivity contribution in [2.45, 2.75) is 19.4 Å². The average molecular weight is 455 g/mol. The lowest BCUT2D eigenvalue weighted by atomic mass is 10.1. The maximum Gasteiger partial charge on any atom is 0.293 e. The van der Waals surface area contributed by atoms with Crippen LogP contribution in [0.1, 0.15) is 24.0 Å². The van der Waals surface area contributed by atoms with Crippen molar-refractivity contribution in [2.75, 3.05) is 37.0 Å². The Bertz CT molecular complexity index is 1220. The van der Waals surface area contributed by atoms with Gasteiger partial charge in [0.25, 0.3) is 11.6 Å². The number of hydrogen-bond donors (Lipinski definition) is 1. The number of aryl methyl sites for hydroxylation is 1. The number of amides is 1. The number of halogens is 1. The first-order valence-corrected chi connectivity index (χ1v) is 10.6. The van der Waals surface area contributed by atoms with Gasteiger partial charge in [0.05, 0.1) is 16.2 Å². The summed E-state index contributed by atoms with van der Waals surface area (Å²) in [4.78, 5) is 27.2. The predicted octanol–water partition coefficient (Wildman–Crippen LogP) is 4.62. The molecule has 0 radical (unpaired) electrons. The summed E-state index contributed by atoms with van der Waals surface area (Å²) >= 11 is 0. The maximum atomic E-state index is 14.9. The molecule has 33 heavy (non-hydrogen) atoms. The number of nitrogens with zero attached hydrogens (tertiary/aromatic N) is 3. The first-order valence-electron chi connectivity index (χ1n) is 10.6. The molecule has 1 atom stereocenters. The molecule has 0 saturated carbocycles. The molecule has 1 aromatic heterocycles. The van der Waals surface area contributed by atoms with Crippen LogP contribution in [0.5, 0.6) is 0 Å². The molecule has 3 aromatic rings. The molecule has 1 N–H and O–H groups in total. The molecule has 1 saturated heterocycles. The SMILES string of the molecule is CNC1CCN(c2ccc(N(C)C(=O)c3ccc(-c4ccc(C)cc4[N+](=O)[O-])o3)cc2F)C1.[HH]. The summed E-state index contributed by atoms with van der Waals surface area (Å²) < 4.78 is 20.5. The second-order valence-electron chi connectivity index (χ2n) is 8.16. The fourth-order valence-corrected chi connectivity index (χ4v) is 4.06. The zero-order valence-electron chi connectivity index (χ0n) is 18.7. The summed E-state index contributed by atoms with van der Waals surface area (Å²) in [6, 6.07) is 12.8. The summed E-state index contributed by atoms with van der Waals surface area (Å²) in [5.41, 5.74) is 1.81. The van der Waals surface area contributed by atoms with Crippen molar-refractivity contribution in [3.63, 3.8) is 0 Å². The molecule has 2 heterocycles. The third-order valence-corrected chi connectivity index (χ3v) is 5.99. The van der Waals surface area contributed by atoms with Gasteiger partial charge in [-0.15, -0.1) is 0 Å². The molecule has 1 aliphatic heterocycles. The van der Waals surface area contributed by atoms with E-state index in [0.717, 1.165) is 25.1 Å². The standard InChI is InChI=1S/C24H25FN4O4.H2/c1-15-4-6-18(21(12-15)29(31)32)22-8-9-23(33-22)24(30)27(3)17-5-7-20(19(25)13-17)28-11-10-16(14-28)26-2;/h4-9,12-13,16,26H,10-11,14H2,1-3H3;1H. The van der Waals surface area contributed by atoms with Crippen LogP contribution in [0.25, 0.3) is 11.3 Å². The van der Waals surface area contributed by atoms with Crippen molar-refractivity contribution in [2.24, 2.45) is 0 Å². The number of anilines is 2. The van der Waals surface area contributed by atoms with E-state index in [9.17, 15) is 19.3 Å². The van der Waals surface area contributed by atoms with Crippen molar-refractivity contribution in [1.82, 2.24) is 5.32 Å². The molecular formula is C24H27FN4O4. The van der Waals surface area contributed by atoms with E-state index in [1.165, 1.54) is 36.2 Å². The molecule has 0 bridgehead atoms. The Morgan fingerprint density at radius 2 is 2.06 bits per heavy atom. The minimum atomic E-state index is -0.486. The van der Waals surface area contributed by atoms with E-state index in [2.05, 4.69) is 5.32 Å². The van der Waals surface area contributed by atoms with Crippen molar-refractivity contribution in [3.05, 3.63) is 75.8 Å². The van der Waals surface area contributed by atoms with Gasteiger partial charge in [0, 0.05) is 39.4 Å². The van der Waals surface area contributed by atoms with Gasteiger partial charge in [-0.25, -0.2) is 4.39 Å². The third kappa shape index (κ3) is 4.45. The van der Waals surface area contributed by atoms with Gasteiger partial charge in [-0.3, -0.25) is 14.9 Å². The molecule has 1 unspecified atom stereocenters. The van der Waals surface area contributed by atoms with E-state index < -0.39 is 16.6 Å². The Morgan fingerprint density at radius 1 is 1.27 bits per heavy atom. The summed E-state index contributed by atoms with van der Waals surface area (Å²) in [5.74, 6) is -0.671. The highest BCUT2D eigenvalue weighted by atomic mass is 19.1. The number of nitro benzene ring substituents is 1. The van der Waals surface area contributed by atoms with Gasteiger partial charge in [0.1, 0.15) is 11.6 Å². The van der Waals surface area contributed by atoms with Crippen molar-refractivity contribution < 1.29 is 20.0 Å². The van der Waals surface area contributed by atoms with Crippen molar-refractivity contribution in [3.8, 4) is 11.3 Å². The van der Waals surface area contributed by atoms with E-state index >= 15 is 0 Å². The molecule has 2 aromatic carbocycles. The van der Waals surface area contributed by atoms with Crippen LogP contribution in [0.15, 0.2) is 52.9 Å². The average Bonchev–Trinajstić information content (AvgIpc) is 3.48. The lowest BCUT2D eigenvalue weighted by Crippen LogP contribution is -2.30. The summed E-state index contributed by atoms with van der Waals surface area (Å²) in [6.45, 7) is 3.24. The van der Waals surface area contributed by atoms with Crippen molar-refractivity contribution in [1.29, 1.82) is 0 Å². The number of carbonyl (C=O) groups excluding carboxylic acids is 1. The van der Waals surface area contributed by atoms with Crippen LogP contribution in [-0.2, 0) is 0 Å². The Kier molecular flexibility index (Phi) is 6.15. The topological polar surface area (TPSA) is 91.9 Å². The first-order chi connectivity index (χ1) is 15.8. The van der Waals surface area contributed by atoms with E-state index in [0.29, 0.717) is 17.4 Å². The van der Waals surface area contributed by atoms with Gasteiger partial charge in [-0.1, -0.05) is 6.07 Å². The Labute approximate surface area is 192 Å². The molecule has 9 heteroatoms. The van der Waals surface area contributed by atoms with Crippen LogP contribution in [-0.4, -0.2) is 44.1 Å². The van der Waals surface area contributed by atoms with Gasteiger partial charge in [0.2, 0.25) is 0 Å². The maximum absolute atomic E-state index is 14.9. The van der Waals surface area contributed by atoms with Crippen molar-refractivity contribution >= 4 is 23.0 Å². The zero-order chi connectivity index (χ0) is 23.7. The Balaban J connectivity index is 0.00000324. The van der Waals surface area contributed by atoms with Gasteiger partial charge >= 0.3 is 0 Å². The minimum Gasteiger partial charge on any atom is -0.451 e. The number of nitrogens with one attached hydrogen (secondary N) is 1. The molecule has 4 rings (SSSR count). The number of likely N-dealkylation sites (N-methyl/N-ethyl adjacent to an activating group) is 1. The fourth-order valence-electron chi connectivity index (χ4n) is 4.06. The van der Waals surface area contributed by atoms with E-state index in [1.807, 2.05) is 11.9 Å². The first kappa shape index (κ1) is 22.5. The van der Waals surface area contributed by atoms with E-state index in [4.69, 9.17) is 4.42 Å². The lowest BCUT2D eigenvalue weighted by molar-refractivity contribution is -0.384. The smallest absolute Gasteiger partial charge is 0.293 e. The minimum absolute atomic E-state index is 0. The normalized spacial score (nSPS) is 15.6. The van der Waals surface area contributed by atoms with E-state index in [-0.39, 0.29) is 24.2 Å². The molecule has 1 amide bonds. The molecule has 0 aliphatic carbocycles. The molecule has 1 aliphatic rings. The number of carbonyl (C=O) groups is 1. The fraction of sp³-hybridized carbons (Fsp3) is 0.292. The van der Waals surface area contributed by atoms with Crippen LogP contribution in [0.2, 0.25) is 0 Å². The monoisotopic (exact) mass is 454 g/mol. The Morgan fingerprint density at radius 3 is 2.73 bits per heavy atom. The van der Waals surface area contributed by atoms with Crippen LogP contribution in [0.4, 0.5) is 21.5 Å². The number of rotatable bonds is 6. The predicted molar refractivity (Wildman–Crippen MR) is 126 cm³/mol. The molecule has 0 spiro atoms. The second kappa shape index (κ2) is 9.03. The van der Waals surface area contributed by atoms with Gasteiger partial charge < -0.3 is 19.5 Å². The highest BCUT2D eigenvalue weighted by molar-refractivity contribution is 6.04. The van der Waals surface area contributed by atoms with Crippen LogP contribution < -0.4 is 15.1 Å². The summed E-state index contributed by atoms with van der Waals surface area (Å²) in [5, 5.41) is 14.6. The third-order valence-electron chi connectivity index (χ3n) is 5.99. The number of nitro groups is 1. The quantitative estimate of drug-likeness (QED) is 0.432. The van der Waals surface area contributed by atoms with E-state index in [1.54, 1.807) is 31.2 Å². The van der Waals surface area contributed by atoms with Gasteiger partial charge in [-0.2, -0.15) is 0 Å². The largest absolute Gasteiger partial charge is 0.451 e. The second-order valence-corrected chi connectivity index (χ2v) is 8.16. The lowest BCUT2D eigenvalue weighted by Gasteiger charge is -2.22. The number of benzene rings is 2. The van der Waals surface area contributed by atoms with Gasteiger partial charge in [0.15, 0.2) is 5.76 Å². The van der Waals surface area contributed by atoms with Crippen LogP contribution in [0, 0.1) is 22.9 Å². The highest BCUT2D eigenvalue weighted by Crippen LogP contribution is 2.33.